The average molecular weight is 384 g/mol. The molecule has 0 saturated heterocycles. The van der Waals surface area contributed by atoms with Crippen molar-refractivity contribution >= 4 is 23.2 Å². The number of amides is 1. The lowest BCUT2D eigenvalue weighted by atomic mass is 10.1. The number of anilines is 1. The number of carbonyl (C=O) groups is 1. The van der Waals surface area contributed by atoms with Gasteiger partial charge in [-0.3, -0.25) is 14.2 Å². The first-order chi connectivity index (χ1) is 13.0. The first kappa shape index (κ1) is 17.8. The normalized spacial score (nSPS) is 13.7. The van der Waals surface area contributed by atoms with Crippen molar-refractivity contribution in [2.24, 2.45) is 5.92 Å². The van der Waals surface area contributed by atoms with Crippen molar-refractivity contribution in [2.75, 3.05) is 5.32 Å². The van der Waals surface area contributed by atoms with Crippen LogP contribution in [0.4, 0.5) is 5.69 Å². The molecule has 0 spiro atoms. The summed E-state index contributed by atoms with van der Waals surface area (Å²) in [6.07, 6.45) is 6.13. The van der Waals surface area contributed by atoms with Gasteiger partial charge in [0, 0.05) is 18.3 Å². The standard InChI is InChI=1S/C20H22ClN5O/c1-13-19(21)14(2)26(24-13)11-16-4-3-5-17(8-16)20(27)23-18-9-22-25(12-18)10-15-6-7-15/h3-5,8-9,12,15H,6-7,10-11H2,1-2H3,(H,23,27). The van der Waals surface area contributed by atoms with Gasteiger partial charge in [-0.05, 0) is 50.3 Å². The van der Waals surface area contributed by atoms with Crippen molar-refractivity contribution in [1.29, 1.82) is 0 Å². The minimum absolute atomic E-state index is 0.144. The maximum absolute atomic E-state index is 12.6. The van der Waals surface area contributed by atoms with E-state index in [9.17, 15) is 4.79 Å². The van der Waals surface area contributed by atoms with Crippen molar-refractivity contribution < 1.29 is 4.79 Å². The van der Waals surface area contributed by atoms with Crippen molar-refractivity contribution in [3.05, 3.63) is 64.2 Å². The molecule has 0 unspecified atom stereocenters. The molecule has 0 atom stereocenters. The van der Waals surface area contributed by atoms with E-state index in [-0.39, 0.29) is 5.91 Å². The van der Waals surface area contributed by atoms with Gasteiger partial charge < -0.3 is 5.32 Å². The number of nitrogens with zero attached hydrogens (tertiary/aromatic N) is 4. The zero-order valence-corrected chi connectivity index (χ0v) is 16.2. The molecule has 1 aliphatic carbocycles. The van der Waals surface area contributed by atoms with Crippen molar-refractivity contribution in [2.45, 2.75) is 39.8 Å². The van der Waals surface area contributed by atoms with E-state index < -0.39 is 0 Å². The number of carbonyl (C=O) groups excluding carboxylic acids is 1. The first-order valence-electron chi connectivity index (χ1n) is 9.12. The minimum Gasteiger partial charge on any atom is -0.319 e. The molecule has 140 valence electrons. The number of nitrogens with one attached hydrogen (secondary N) is 1. The highest BCUT2D eigenvalue weighted by molar-refractivity contribution is 6.31. The third-order valence-electron chi connectivity index (χ3n) is 4.85. The van der Waals surface area contributed by atoms with Gasteiger partial charge in [0.2, 0.25) is 0 Å². The first-order valence-corrected chi connectivity index (χ1v) is 9.49. The molecular formula is C20H22ClN5O. The Morgan fingerprint density at radius 3 is 2.85 bits per heavy atom. The fraction of sp³-hybridized carbons (Fsp3) is 0.350. The number of aromatic nitrogens is 4. The lowest BCUT2D eigenvalue weighted by Gasteiger charge is -2.07. The number of aryl methyl sites for hydroxylation is 1. The largest absolute Gasteiger partial charge is 0.319 e. The molecule has 1 aromatic carbocycles. The van der Waals surface area contributed by atoms with Crippen LogP contribution in [0.1, 0.15) is 40.2 Å². The number of hydrogen-bond donors (Lipinski definition) is 1. The predicted molar refractivity (Wildman–Crippen MR) is 105 cm³/mol. The highest BCUT2D eigenvalue weighted by Crippen LogP contribution is 2.30. The number of halogens is 1. The van der Waals surface area contributed by atoms with Crippen LogP contribution in [0, 0.1) is 19.8 Å². The summed E-state index contributed by atoms with van der Waals surface area (Å²) in [5.41, 5.74) is 4.05. The lowest BCUT2D eigenvalue weighted by molar-refractivity contribution is 0.102. The molecule has 0 radical (unpaired) electrons. The van der Waals surface area contributed by atoms with Gasteiger partial charge in [-0.25, -0.2) is 0 Å². The molecule has 3 aromatic rings. The molecule has 1 fully saturated rings. The Bertz CT molecular complexity index is 986. The van der Waals surface area contributed by atoms with Crippen LogP contribution >= 0.6 is 11.6 Å². The minimum atomic E-state index is -0.144. The quantitative estimate of drug-likeness (QED) is 0.698. The van der Waals surface area contributed by atoms with E-state index in [2.05, 4.69) is 15.5 Å². The Hall–Kier alpha value is -2.60. The number of rotatable bonds is 6. The SMILES string of the molecule is Cc1nn(Cc2cccc(C(=O)Nc3cnn(CC4CC4)c3)c2)c(C)c1Cl. The Labute approximate surface area is 163 Å². The van der Waals surface area contributed by atoms with Crippen LogP contribution in [-0.4, -0.2) is 25.5 Å². The zero-order chi connectivity index (χ0) is 19.0. The van der Waals surface area contributed by atoms with E-state index >= 15 is 0 Å². The van der Waals surface area contributed by atoms with E-state index in [1.807, 2.05) is 53.7 Å². The van der Waals surface area contributed by atoms with Gasteiger partial charge in [-0.2, -0.15) is 10.2 Å². The topological polar surface area (TPSA) is 64.7 Å². The molecule has 27 heavy (non-hydrogen) atoms. The summed E-state index contributed by atoms with van der Waals surface area (Å²) in [5.74, 6) is 0.599. The second-order valence-corrected chi connectivity index (χ2v) is 7.57. The molecule has 0 bridgehead atoms. The van der Waals surface area contributed by atoms with E-state index in [1.54, 1.807) is 6.20 Å². The van der Waals surface area contributed by atoms with Gasteiger partial charge in [0.05, 0.1) is 34.8 Å². The molecule has 1 amide bonds. The highest BCUT2D eigenvalue weighted by atomic mass is 35.5. The number of benzene rings is 1. The van der Waals surface area contributed by atoms with Gasteiger partial charge in [-0.15, -0.1) is 0 Å². The van der Waals surface area contributed by atoms with Gasteiger partial charge in [0.25, 0.3) is 5.91 Å². The average Bonchev–Trinajstić information content (AvgIpc) is 3.31. The van der Waals surface area contributed by atoms with Crippen molar-refractivity contribution in [3.63, 3.8) is 0 Å². The van der Waals surface area contributed by atoms with E-state index in [4.69, 9.17) is 11.6 Å². The van der Waals surface area contributed by atoms with Crippen LogP contribution < -0.4 is 5.32 Å². The summed E-state index contributed by atoms with van der Waals surface area (Å²) < 4.78 is 3.76. The molecule has 1 N–H and O–H groups in total. The molecule has 2 heterocycles. The van der Waals surface area contributed by atoms with Gasteiger partial charge in [0.15, 0.2) is 0 Å². The molecule has 2 aromatic heterocycles. The summed E-state index contributed by atoms with van der Waals surface area (Å²) in [6.45, 7) is 5.33. The van der Waals surface area contributed by atoms with Gasteiger partial charge in [-0.1, -0.05) is 23.7 Å². The summed E-state index contributed by atoms with van der Waals surface area (Å²) in [6, 6.07) is 7.55. The van der Waals surface area contributed by atoms with Crippen LogP contribution in [0.3, 0.4) is 0 Å². The summed E-state index contributed by atoms with van der Waals surface area (Å²) in [7, 11) is 0. The molecule has 1 saturated carbocycles. The van der Waals surface area contributed by atoms with Gasteiger partial charge >= 0.3 is 0 Å². The zero-order valence-electron chi connectivity index (χ0n) is 15.4. The predicted octanol–water partition coefficient (Wildman–Crippen LogP) is 4.06. The second kappa shape index (κ2) is 7.19. The monoisotopic (exact) mass is 383 g/mol. The Morgan fingerprint density at radius 1 is 1.33 bits per heavy atom. The van der Waals surface area contributed by atoms with Crippen LogP contribution in [0.5, 0.6) is 0 Å². The molecule has 4 rings (SSSR count). The van der Waals surface area contributed by atoms with Crippen molar-refractivity contribution in [1.82, 2.24) is 19.6 Å². The molecule has 6 nitrogen and oxygen atoms in total. The smallest absolute Gasteiger partial charge is 0.255 e. The third-order valence-corrected chi connectivity index (χ3v) is 5.39. The van der Waals surface area contributed by atoms with Crippen LogP contribution in [0.2, 0.25) is 5.02 Å². The fourth-order valence-corrected chi connectivity index (χ4v) is 3.24. The van der Waals surface area contributed by atoms with Crippen LogP contribution in [0.25, 0.3) is 0 Å². The molecular weight excluding hydrogens is 362 g/mol. The maximum Gasteiger partial charge on any atom is 0.255 e. The van der Waals surface area contributed by atoms with Crippen LogP contribution in [-0.2, 0) is 13.1 Å². The summed E-state index contributed by atoms with van der Waals surface area (Å²) >= 11 is 6.22. The van der Waals surface area contributed by atoms with Crippen molar-refractivity contribution in [3.8, 4) is 0 Å². The molecule has 0 aliphatic heterocycles. The molecule has 1 aliphatic rings. The third kappa shape index (κ3) is 4.06. The number of hydrogen-bond acceptors (Lipinski definition) is 3. The highest BCUT2D eigenvalue weighted by Gasteiger charge is 2.22. The Morgan fingerprint density at radius 2 is 2.15 bits per heavy atom. The van der Waals surface area contributed by atoms with Gasteiger partial charge in [0.1, 0.15) is 0 Å². The van der Waals surface area contributed by atoms with E-state index in [1.165, 1.54) is 12.8 Å². The second-order valence-electron chi connectivity index (χ2n) is 7.19. The fourth-order valence-electron chi connectivity index (χ4n) is 3.11. The van der Waals surface area contributed by atoms with E-state index in [0.717, 1.165) is 35.1 Å². The Kier molecular flexibility index (Phi) is 4.74. The molecule has 7 heteroatoms. The maximum atomic E-state index is 12.6. The van der Waals surface area contributed by atoms with E-state index in [0.29, 0.717) is 17.1 Å². The summed E-state index contributed by atoms with van der Waals surface area (Å²) in [5, 5.41) is 12.4. The summed E-state index contributed by atoms with van der Waals surface area (Å²) in [4.78, 5) is 12.6. The van der Waals surface area contributed by atoms with Crippen LogP contribution in [0.15, 0.2) is 36.7 Å². The Balaban J connectivity index is 1.45. The lowest BCUT2D eigenvalue weighted by Crippen LogP contribution is -2.12.